The predicted octanol–water partition coefficient (Wildman–Crippen LogP) is 4.01. The van der Waals surface area contributed by atoms with Crippen LogP contribution in [0.25, 0.3) is 11.2 Å². The molecule has 1 saturated heterocycles. The van der Waals surface area contributed by atoms with E-state index in [0.717, 1.165) is 47.3 Å². The van der Waals surface area contributed by atoms with Gasteiger partial charge in [-0.3, -0.25) is 0 Å². The Kier molecular flexibility index (Phi) is 4.65. The van der Waals surface area contributed by atoms with Crippen LogP contribution >= 0.6 is 15.9 Å². The number of anilines is 1. The smallest absolute Gasteiger partial charge is 0.165 e. The van der Waals surface area contributed by atoms with E-state index in [1.807, 2.05) is 6.20 Å². The third kappa shape index (κ3) is 3.02. The number of hydrogen-bond acceptors (Lipinski definition) is 4. The van der Waals surface area contributed by atoms with Crippen molar-refractivity contribution >= 4 is 33.0 Å². The van der Waals surface area contributed by atoms with E-state index >= 15 is 0 Å². The molecule has 132 valence electrons. The van der Waals surface area contributed by atoms with Crippen molar-refractivity contribution in [1.82, 2.24) is 19.5 Å². The van der Waals surface area contributed by atoms with Gasteiger partial charge in [0.1, 0.15) is 5.82 Å². The maximum Gasteiger partial charge on any atom is 0.165 e. The quantitative estimate of drug-likeness (QED) is 0.840. The molecule has 1 aliphatic heterocycles. The predicted molar refractivity (Wildman–Crippen MR) is 106 cm³/mol. The van der Waals surface area contributed by atoms with Gasteiger partial charge in [-0.2, -0.15) is 9.61 Å². The third-order valence-corrected chi connectivity index (χ3v) is 5.97. The summed E-state index contributed by atoms with van der Waals surface area (Å²) in [6.07, 6.45) is 12.9. The molecule has 5 nitrogen and oxygen atoms in total. The Morgan fingerprint density at radius 1 is 1.40 bits per heavy atom. The normalized spacial score (nSPS) is 21.2. The summed E-state index contributed by atoms with van der Waals surface area (Å²) in [4.78, 5) is 7.57. The average Bonchev–Trinajstić information content (AvgIpc) is 3.27. The molecule has 3 heterocycles. The lowest BCUT2D eigenvalue weighted by Gasteiger charge is -2.32. The molecule has 1 fully saturated rings. The molecule has 2 aliphatic rings. The number of fused-ring (bicyclic) bond motifs is 1. The molecule has 0 amide bonds. The lowest BCUT2D eigenvalue weighted by atomic mass is 9.94. The number of piperidine rings is 1. The number of nitrogen functional groups attached to an aromatic ring is 1. The van der Waals surface area contributed by atoms with Gasteiger partial charge >= 0.3 is 0 Å². The first-order valence-corrected chi connectivity index (χ1v) is 9.90. The second-order valence-corrected chi connectivity index (χ2v) is 7.72. The van der Waals surface area contributed by atoms with Crippen molar-refractivity contribution in [3.8, 4) is 0 Å². The number of likely N-dealkylation sites (tertiary alicyclic amines) is 1. The summed E-state index contributed by atoms with van der Waals surface area (Å²) in [5.74, 6) is 1.05. The highest BCUT2D eigenvalue weighted by Crippen LogP contribution is 2.36. The van der Waals surface area contributed by atoms with Crippen LogP contribution in [0, 0.1) is 0 Å². The van der Waals surface area contributed by atoms with Crippen molar-refractivity contribution in [3.63, 3.8) is 0 Å². The number of hydrogen-bond donors (Lipinski definition) is 1. The van der Waals surface area contributed by atoms with Crippen LogP contribution in [0.4, 0.5) is 5.82 Å². The summed E-state index contributed by atoms with van der Waals surface area (Å²) >= 11 is 3.69. The summed E-state index contributed by atoms with van der Waals surface area (Å²) in [6.45, 7) is 5.64. The van der Waals surface area contributed by atoms with Gasteiger partial charge in [0.2, 0.25) is 0 Å². The fourth-order valence-corrected chi connectivity index (χ4v) is 4.52. The average molecular weight is 402 g/mol. The zero-order valence-electron chi connectivity index (χ0n) is 14.6. The highest BCUT2D eigenvalue weighted by Gasteiger charge is 2.26. The summed E-state index contributed by atoms with van der Waals surface area (Å²) < 4.78 is 2.65. The van der Waals surface area contributed by atoms with E-state index in [-0.39, 0.29) is 0 Å². The van der Waals surface area contributed by atoms with Gasteiger partial charge in [-0.1, -0.05) is 25.2 Å². The summed E-state index contributed by atoms with van der Waals surface area (Å²) in [5.41, 5.74) is 10.6. The van der Waals surface area contributed by atoms with Gasteiger partial charge < -0.3 is 10.6 Å². The van der Waals surface area contributed by atoms with Crippen LogP contribution in [0.5, 0.6) is 0 Å². The van der Waals surface area contributed by atoms with Crippen molar-refractivity contribution in [2.45, 2.75) is 38.5 Å². The monoisotopic (exact) mass is 401 g/mol. The molecular formula is C19H24BrN5. The molecule has 0 saturated carbocycles. The SMILES string of the molecule is CCCN1CCCC(c2nc3c(C4=CCC=C4)cnn3c(N)c2Br)C1. The van der Waals surface area contributed by atoms with Gasteiger partial charge in [0.25, 0.3) is 0 Å². The zero-order chi connectivity index (χ0) is 17.4. The molecule has 1 atom stereocenters. The van der Waals surface area contributed by atoms with Crippen molar-refractivity contribution in [1.29, 1.82) is 0 Å². The maximum absolute atomic E-state index is 6.39. The van der Waals surface area contributed by atoms with Crippen LogP contribution in [0.2, 0.25) is 0 Å². The van der Waals surface area contributed by atoms with Crippen LogP contribution in [0.1, 0.15) is 49.8 Å². The molecule has 0 radical (unpaired) electrons. The number of rotatable bonds is 4. The molecule has 2 aromatic heterocycles. The van der Waals surface area contributed by atoms with Crippen LogP contribution < -0.4 is 5.73 Å². The lowest BCUT2D eigenvalue weighted by molar-refractivity contribution is 0.206. The minimum absolute atomic E-state index is 0.415. The standard InChI is InChI=1S/C19H24BrN5/c1-2-9-24-10-5-8-14(12-24)17-16(20)18(21)25-19(23-17)15(11-22-25)13-6-3-4-7-13/h3,6-7,11,14H,2,4-5,8-10,12,21H2,1H3. The van der Waals surface area contributed by atoms with Crippen molar-refractivity contribution in [3.05, 3.63) is 40.2 Å². The van der Waals surface area contributed by atoms with Crippen molar-refractivity contribution < 1.29 is 0 Å². The van der Waals surface area contributed by atoms with Gasteiger partial charge in [0.15, 0.2) is 5.65 Å². The molecule has 25 heavy (non-hydrogen) atoms. The first kappa shape index (κ1) is 16.8. The molecule has 2 aromatic rings. The molecule has 6 heteroatoms. The van der Waals surface area contributed by atoms with Gasteiger partial charge in [0, 0.05) is 18.0 Å². The summed E-state index contributed by atoms with van der Waals surface area (Å²) in [7, 11) is 0. The number of aromatic nitrogens is 3. The Balaban J connectivity index is 1.77. The fourth-order valence-electron chi connectivity index (χ4n) is 3.94. The maximum atomic E-state index is 6.39. The van der Waals surface area contributed by atoms with Crippen molar-refractivity contribution in [2.75, 3.05) is 25.4 Å². The number of allylic oxidation sites excluding steroid dienone is 4. The van der Waals surface area contributed by atoms with Gasteiger partial charge in [-0.15, -0.1) is 0 Å². The summed E-state index contributed by atoms with van der Waals surface area (Å²) in [6, 6.07) is 0. The molecule has 4 rings (SSSR count). The molecule has 2 N–H and O–H groups in total. The van der Waals surface area contributed by atoms with Gasteiger partial charge in [0.05, 0.1) is 16.4 Å². The highest BCUT2D eigenvalue weighted by molar-refractivity contribution is 9.10. The number of nitrogens with two attached hydrogens (primary N) is 1. The fraction of sp³-hybridized carbons (Fsp3) is 0.474. The summed E-state index contributed by atoms with van der Waals surface area (Å²) in [5, 5.41) is 4.47. The van der Waals surface area contributed by atoms with Crippen LogP contribution in [-0.2, 0) is 0 Å². The molecular weight excluding hydrogens is 378 g/mol. The minimum atomic E-state index is 0.415. The van der Waals surface area contributed by atoms with Crippen LogP contribution in [0.3, 0.4) is 0 Å². The van der Waals surface area contributed by atoms with E-state index in [1.165, 1.54) is 25.0 Å². The molecule has 1 aliphatic carbocycles. The Morgan fingerprint density at radius 3 is 3.04 bits per heavy atom. The van der Waals surface area contributed by atoms with Crippen LogP contribution in [0.15, 0.2) is 28.9 Å². The second kappa shape index (κ2) is 6.92. The lowest BCUT2D eigenvalue weighted by Crippen LogP contribution is -2.35. The van der Waals surface area contributed by atoms with E-state index in [1.54, 1.807) is 4.52 Å². The Labute approximate surface area is 156 Å². The largest absolute Gasteiger partial charge is 0.383 e. The van der Waals surface area contributed by atoms with Crippen LogP contribution in [-0.4, -0.2) is 39.1 Å². The Hall–Kier alpha value is -1.66. The van der Waals surface area contributed by atoms with Gasteiger partial charge in [-0.25, -0.2) is 4.98 Å². The Morgan fingerprint density at radius 2 is 2.28 bits per heavy atom. The van der Waals surface area contributed by atoms with E-state index in [9.17, 15) is 0 Å². The first-order valence-electron chi connectivity index (χ1n) is 9.11. The van der Waals surface area contributed by atoms with Crippen molar-refractivity contribution in [2.24, 2.45) is 0 Å². The van der Waals surface area contributed by atoms with Gasteiger partial charge in [-0.05, 0) is 60.3 Å². The number of halogens is 1. The first-order chi connectivity index (χ1) is 12.2. The molecule has 0 aromatic carbocycles. The van der Waals surface area contributed by atoms with E-state index in [4.69, 9.17) is 10.7 Å². The molecule has 0 spiro atoms. The van der Waals surface area contributed by atoms with E-state index < -0.39 is 0 Å². The highest BCUT2D eigenvalue weighted by atomic mass is 79.9. The third-order valence-electron chi connectivity index (χ3n) is 5.16. The second-order valence-electron chi connectivity index (χ2n) is 6.93. The Bertz CT molecular complexity index is 849. The van der Waals surface area contributed by atoms with E-state index in [0.29, 0.717) is 11.7 Å². The number of nitrogens with zero attached hydrogens (tertiary/aromatic N) is 4. The topological polar surface area (TPSA) is 59.5 Å². The minimum Gasteiger partial charge on any atom is -0.383 e. The zero-order valence-corrected chi connectivity index (χ0v) is 16.2. The molecule has 0 bridgehead atoms. The van der Waals surface area contributed by atoms with E-state index in [2.05, 4.69) is 51.1 Å². The molecule has 1 unspecified atom stereocenters.